The number of hydrogen-bond acceptors (Lipinski definition) is 7. The average Bonchev–Trinajstić information content (AvgIpc) is 3.40. The average molecular weight is 570 g/mol. The van der Waals surface area contributed by atoms with Crippen LogP contribution in [0.1, 0.15) is 79.1 Å². The van der Waals surface area contributed by atoms with Crippen molar-refractivity contribution in [2.45, 2.75) is 97.2 Å². The summed E-state index contributed by atoms with van der Waals surface area (Å²) in [6, 6.07) is 0.832. The second kappa shape index (κ2) is 16.8. The molecule has 0 bridgehead atoms. The first kappa shape index (κ1) is 33.0. The van der Waals surface area contributed by atoms with E-state index >= 15 is 0 Å². The minimum atomic E-state index is -0.0813. The predicted molar refractivity (Wildman–Crippen MR) is 155 cm³/mol. The number of hydrazine groups is 1. The largest absolute Gasteiger partial charge is 0.377 e. The van der Waals surface area contributed by atoms with Crippen LogP contribution in [0.3, 0.4) is 0 Å². The number of unbranched alkanes of at least 4 members (excludes halogenated alkanes) is 2. The zero-order valence-corrected chi connectivity index (χ0v) is 25.6. The van der Waals surface area contributed by atoms with Gasteiger partial charge in [0.2, 0.25) is 5.91 Å². The summed E-state index contributed by atoms with van der Waals surface area (Å²) in [6.45, 7) is 17.4. The van der Waals surface area contributed by atoms with Crippen molar-refractivity contribution in [3.8, 4) is 0 Å². The van der Waals surface area contributed by atoms with Crippen molar-refractivity contribution in [3.05, 3.63) is 0 Å². The van der Waals surface area contributed by atoms with E-state index in [0.717, 1.165) is 56.5 Å². The van der Waals surface area contributed by atoms with E-state index in [-0.39, 0.29) is 24.0 Å². The van der Waals surface area contributed by atoms with Gasteiger partial charge in [-0.15, -0.1) is 0 Å². The summed E-state index contributed by atoms with van der Waals surface area (Å²) in [6.07, 6.45) is 8.06. The standard InChI is InChI=1S/C29H56N6O5/c1-24-26(32-28(37)31-24)10-6-5-7-11-27(36)30-12-16-38-18-20-40-21-19-39-17-15-35-14-9-8-13-34(35)33-25(23-35)22-29(2,3)4/h24-26,33H,5-23H2,1-4H3,(H2-,30,31,32,36,37)/p+1/t24-,25?,26+,35?/m0/s1. The molecule has 3 amide bonds. The first-order valence-corrected chi connectivity index (χ1v) is 15.6. The number of rotatable bonds is 19. The van der Waals surface area contributed by atoms with E-state index in [1.165, 1.54) is 25.8 Å². The minimum absolute atomic E-state index is 0.0637. The zero-order chi connectivity index (χ0) is 28.8. The van der Waals surface area contributed by atoms with Gasteiger partial charge in [-0.2, -0.15) is 0 Å². The van der Waals surface area contributed by atoms with Gasteiger partial charge in [0.05, 0.1) is 64.8 Å². The lowest BCUT2D eigenvalue weighted by molar-refractivity contribution is -1.03. The fraction of sp³-hybridized carbons (Fsp3) is 0.931. The Bertz CT molecular complexity index is 766. The van der Waals surface area contributed by atoms with E-state index in [9.17, 15) is 9.59 Å². The molecule has 0 aromatic rings. The lowest BCUT2D eigenvalue weighted by Gasteiger charge is -2.42. The second-order valence-corrected chi connectivity index (χ2v) is 12.9. The van der Waals surface area contributed by atoms with Crippen LogP contribution < -0.4 is 21.4 Å². The summed E-state index contributed by atoms with van der Waals surface area (Å²) in [5, 5.41) is 11.2. The maximum Gasteiger partial charge on any atom is 0.315 e. The van der Waals surface area contributed by atoms with Gasteiger partial charge in [0.25, 0.3) is 0 Å². The van der Waals surface area contributed by atoms with Crippen LogP contribution in [0.5, 0.6) is 0 Å². The highest BCUT2D eigenvalue weighted by Gasteiger charge is 2.47. The van der Waals surface area contributed by atoms with Crippen LogP contribution >= 0.6 is 0 Å². The van der Waals surface area contributed by atoms with Gasteiger partial charge < -0.3 is 30.2 Å². The normalized spacial score (nSPS) is 26.9. The quantitative estimate of drug-likeness (QED) is 0.140. The Morgan fingerprint density at radius 2 is 1.73 bits per heavy atom. The first-order chi connectivity index (χ1) is 19.2. The summed E-state index contributed by atoms with van der Waals surface area (Å²) in [7, 11) is 0. The Morgan fingerprint density at radius 3 is 2.42 bits per heavy atom. The van der Waals surface area contributed by atoms with E-state index in [1.807, 2.05) is 6.92 Å². The molecule has 0 aromatic carbocycles. The molecule has 0 saturated carbocycles. The summed E-state index contributed by atoms with van der Waals surface area (Å²) in [5.41, 5.74) is 4.12. The molecular weight excluding hydrogens is 512 g/mol. The van der Waals surface area contributed by atoms with Crippen molar-refractivity contribution in [1.82, 2.24) is 26.5 Å². The molecule has 3 aliphatic heterocycles. The predicted octanol–water partition coefficient (Wildman–Crippen LogP) is 2.32. The molecule has 0 spiro atoms. The SMILES string of the molecule is C[C@@H]1NC(=O)N[C@@H]1CCCCCC(=O)NCCOCCOCCOCC[N+]12CCCCN1NC(CC(C)(C)C)C2. The van der Waals surface area contributed by atoms with Gasteiger partial charge in [0, 0.05) is 19.0 Å². The summed E-state index contributed by atoms with van der Waals surface area (Å²) in [5.74, 6) is 0.0637. The van der Waals surface area contributed by atoms with Gasteiger partial charge in [-0.25, -0.2) is 14.8 Å². The molecule has 3 rings (SSSR count). The third kappa shape index (κ3) is 11.8. The molecular formula is C29H57N6O5+. The van der Waals surface area contributed by atoms with Gasteiger partial charge in [-0.1, -0.05) is 38.7 Å². The molecule has 3 aliphatic rings. The highest BCUT2D eigenvalue weighted by atomic mass is 16.5. The molecule has 4 atom stereocenters. The molecule has 0 radical (unpaired) electrons. The Labute approximate surface area is 241 Å². The molecule has 0 aromatic heterocycles. The topological polar surface area (TPSA) is 113 Å². The van der Waals surface area contributed by atoms with Crippen molar-refractivity contribution in [2.24, 2.45) is 5.41 Å². The first-order valence-electron chi connectivity index (χ1n) is 15.6. The molecule has 40 heavy (non-hydrogen) atoms. The van der Waals surface area contributed by atoms with Crippen molar-refractivity contribution in [1.29, 1.82) is 0 Å². The van der Waals surface area contributed by atoms with Gasteiger partial charge in [-0.05, 0) is 44.4 Å². The molecule has 11 nitrogen and oxygen atoms in total. The van der Waals surface area contributed by atoms with Crippen LogP contribution in [0, 0.1) is 5.41 Å². The number of amides is 3. The molecule has 3 heterocycles. The van der Waals surface area contributed by atoms with Crippen LogP contribution in [0.2, 0.25) is 0 Å². The van der Waals surface area contributed by atoms with E-state index in [1.54, 1.807) is 0 Å². The van der Waals surface area contributed by atoms with E-state index < -0.39 is 0 Å². The number of nitrogens with zero attached hydrogens (tertiary/aromatic N) is 2. The lowest BCUT2D eigenvalue weighted by Crippen LogP contribution is -2.62. The summed E-state index contributed by atoms with van der Waals surface area (Å²) >= 11 is 0. The van der Waals surface area contributed by atoms with Crippen LogP contribution in [-0.4, -0.2) is 112 Å². The Kier molecular flexibility index (Phi) is 13.9. The Balaban J connectivity index is 1.09. The van der Waals surface area contributed by atoms with Gasteiger partial charge in [-0.3, -0.25) is 4.79 Å². The highest BCUT2D eigenvalue weighted by Crippen LogP contribution is 2.30. The van der Waals surface area contributed by atoms with Gasteiger partial charge >= 0.3 is 6.03 Å². The molecule has 232 valence electrons. The van der Waals surface area contributed by atoms with Crippen LogP contribution in [0.25, 0.3) is 0 Å². The number of urea groups is 1. The Hall–Kier alpha value is -1.50. The van der Waals surface area contributed by atoms with E-state index in [0.29, 0.717) is 57.5 Å². The number of ether oxygens (including phenoxy) is 3. The number of carbonyl (C=O) groups is 2. The van der Waals surface area contributed by atoms with Crippen LogP contribution in [0.15, 0.2) is 0 Å². The third-order valence-corrected chi connectivity index (χ3v) is 8.12. The Morgan fingerprint density at radius 1 is 1.00 bits per heavy atom. The van der Waals surface area contributed by atoms with Gasteiger partial charge in [0.1, 0.15) is 13.1 Å². The van der Waals surface area contributed by atoms with Crippen LogP contribution in [-0.2, 0) is 19.0 Å². The summed E-state index contributed by atoms with van der Waals surface area (Å²) in [4.78, 5) is 23.3. The van der Waals surface area contributed by atoms with E-state index in [2.05, 4.69) is 47.3 Å². The van der Waals surface area contributed by atoms with Crippen molar-refractivity contribution in [3.63, 3.8) is 0 Å². The second-order valence-electron chi connectivity index (χ2n) is 12.9. The molecule has 11 heteroatoms. The number of nitrogens with one attached hydrogen (secondary N) is 4. The maximum atomic E-state index is 12.0. The number of carbonyl (C=O) groups excluding carboxylic acids is 2. The van der Waals surface area contributed by atoms with Gasteiger partial charge in [0.15, 0.2) is 0 Å². The van der Waals surface area contributed by atoms with E-state index in [4.69, 9.17) is 14.2 Å². The third-order valence-electron chi connectivity index (χ3n) is 8.12. The van der Waals surface area contributed by atoms with Crippen LogP contribution in [0.4, 0.5) is 4.79 Å². The fourth-order valence-electron chi connectivity index (χ4n) is 6.13. The minimum Gasteiger partial charge on any atom is -0.377 e. The van der Waals surface area contributed by atoms with Crippen molar-refractivity contribution >= 4 is 11.9 Å². The lowest BCUT2D eigenvalue weighted by atomic mass is 9.88. The molecule has 4 N–H and O–H groups in total. The molecule has 3 saturated heterocycles. The maximum absolute atomic E-state index is 12.0. The monoisotopic (exact) mass is 569 g/mol. The smallest absolute Gasteiger partial charge is 0.315 e. The number of hydrogen-bond donors (Lipinski definition) is 4. The number of fused-ring (bicyclic) bond motifs is 1. The highest BCUT2D eigenvalue weighted by molar-refractivity contribution is 5.77. The summed E-state index contributed by atoms with van der Waals surface area (Å²) < 4.78 is 18.2. The molecule has 0 aliphatic carbocycles. The van der Waals surface area contributed by atoms with Crippen molar-refractivity contribution in [2.75, 3.05) is 72.4 Å². The molecule has 3 fully saturated rings. The zero-order valence-electron chi connectivity index (χ0n) is 25.6. The number of quaternary nitrogens is 1. The van der Waals surface area contributed by atoms with Crippen molar-refractivity contribution < 1.29 is 28.4 Å². The molecule has 2 unspecified atom stereocenters. The fourth-order valence-corrected chi connectivity index (χ4v) is 6.13.